The van der Waals surface area contributed by atoms with E-state index < -0.39 is 46.5 Å². The van der Waals surface area contributed by atoms with Gasteiger partial charge >= 0.3 is 0 Å². The molecule has 0 fully saturated rings. The fourth-order valence-corrected chi connectivity index (χ4v) is 4.27. The number of halogens is 4. The molecule has 0 unspecified atom stereocenters. The lowest BCUT2D eigenvalue weighted by Crippen LogP contribution is -2.26. The Balaban J connectivity index is 1.93. The number of hydrogen-bond donors (Lipinski definition) is 0. The zero-order chi connectivity index (χ0) is 19.6. The van der Waals surface area contributed by atoms with E-state index in [2.05, 4.69) is 5.10 Å². The van der Waals surface area contributed by atoms with Crippen LogP contribution in [0, 0.1) is 37.1 Å². The number of benzene rings is 1. The van der Waals surface area contributed by atoms with Crippen LogP contribution in [0.1, 0.15) is 16.0 Å². The van der Waals surface area contributed by atoms with E-state index >= 15 is 0 Å². The van der Waals surface area contributed by atoms with Crippen molar-refractivity contribution in [3.05, 3.63) is 61.9 Å². The van der Waals surface area contributed by atoms with E-state index in [9.17, 15) is 22.4 Å². The van der Waals surface area contributed by atoms with Gasteiger partial charge in [-0.2, -0.15) is 5.10 Å². The highest BCUT2D eigenvalue weighted by Gasteiger charge is 2.24. The van der Waals surface area contributed by atoms with Gasteiger partial charge in [-0.15, -0.1) is 11.3 Å². The number of hydrogen-bond acceptors (Lipinski definition) is 3. The molecule has 0 amide bonds. The molecule has 0 N–H and O–H groups in total. The minimum Gasteiger partial charge on any atom is -0.338 e. The predicted molar refractivity (Wildman–Crippen MR) is 95.2 cm³/mol. The molecular formula is C18H13F4N3OS. The fraction of sp³-hybridized carbons (Fsp3) is 0.222. The van der Waals surface area contributed by atoms with Crippen LogP contribution in [0.2, 0.25) is 0 Å². The fourth-order valence-electron chi connectivity index (χ4n) is 3.22. The van der Waals surface area contributed by atoms with Crippen LogP contribution in [-0.2, 0) is 13.6 Å². The van der Waals surface area contributed by atoms with Crippen molar-refractivity contribution in [3.63, 3.8) is 0 Å². The highest BCUT2D eigenvalue weighted by atomic mass is 32.1. The quantitative estimate of drug-likeness (QED) is 0.378. The van der Waals surface area contributed by atoms with Crippen LogP contribution >= 0.6 is 11.3 Å². The minimum atomic E-state index is -1.52. The normalized spacial score (nSPS) is 11.8. The minimum absolute atomic E-state index is 0.306. The lowest BCUT2D eigenvalue weighted by molar-refractivity contribution is 0.422. The molecule has 0 spiro atoms. The molecule has 4 nitrogen and oxygen atoms in total. The van der Waals surface area contributed by atoms with Crippen molar-refractivity contribution in [1.82, 2.24) is 14.3 Å². The molecular weight excluding hydrogens is 382 g/mol. The lowest BCUT2D eigenvalue weighted by Gasteiger charge is -2.11. The first kappa shape index (κ1) is 17.7. The van der Waals surface area contributed by atoms with Crippen LogP contribution in [0.5, 0.6) is 0 Å². The molecule has 3 heterocycles. The van der Waals surface area contributed by atoms with Gasteiger partial charge in [0.1, 0.15) is 5.52 Å². The molecule has 0 bridgehead atoms. The smallest absolute Gasteiger partial charge is 0.291 e. The molecule has 3 aromatic heterocycles. The molecule has 1 aromatic carbocycles. The predicted octanol–water partition coefficient (Wildman–Crippen LogP) is 4.17. The number of fused-ring (bicyclic) bond motifs is 3. The van der Waals surface area contributed by atoms with Gasteiger partial charge in [-0.25, -0.2) is 22.2 Å². The molecule has 9 heteroatoms. The molecule has 0 saturated heterocycles. The Bertz CT molecular complexity index is 1270. The number of aryl methyl sites for hydroxylation is 2. The number of rotatable bonds is 2. The Morgan fingerprint density at radius 1 is 1.07 bits per heavy atom. The molecule has 0 aliphatic carbocycles. The largest absolute Gasteiger partial charge is 0.338 e. The summed E-state index contributed by atoms with van der Waals surface area (Å²) < 4.78 is 59.2. The maximum Gasteiger partial charge on any atom is 0.291 e. The van der Waals surface area contributed by atoms with Crippen LogP contribution in [0.4, 0.5) is 17.6 Å². The molecule has 140 valence electrons. The van der Waals surface area contributed by atoms with E-state index in [1.165, 1.54) is 17.5 Å². The molecule has 0 saturated carbocycles. The monoisotopic (exact) mass is 395 g/mol. The van der Waals surface area contributed by atoms with Crippen LogP contribution in [-0.4, -0.2) is 14.3 Å². The van der Waals surface area contributed by atoms with E-state index in [-0.39, 0.29) is 0 Å². The maximum absolute atomic E-state index is 14.1. The third-order valence-corrected chi connectivity index (χ3v) is 5.75. The summed E-state index contributed by atoms with van der Waals surface area (Å²) in [6.45, 7) is 2.16. The second-order valence-corrected chi connectivity index (χ2v) is 7.62. The van der Waals surface area contributed by atoms with Gasteiger partial charge in [-0.1, -0.05) is 0 Å². The van der Waals surface area contributed by atoms with Crippen LogP contribution in [0.3, 0.4) is 0 Å². The summed E-state index contributed by atoms with van der Waals surface area (Å²) in [7, 11) is 1.70. The summed E-state index contributed by atoms with van der Waals surface area (Å²) in [5.41, 5.74) is -1.08. The molecule has 27 heavy (non-hydrogen) atoms. The molecule has 0 aliphatic rings. The van der Waals surface area contributed by atoms with Gasteiger partial charge < -0.3 is 4.57 Å². The molecule has 0 aliphatic heterocycles. The Labute approximate surface area is 154 Å². The standard InChI is InChI=1S/C18H13F4N3OS/c1-7-4-11-17(27-7)9-5-23-25(18(26)16(9)24(11)3)6-10-14(21)12(19)8(2)13(20)15(10)22/h4-5H,6H2,1-3H3. The van der Waals surface area contributed by atoms with E-state index in [1.807, 2.05) is 13.0 Å². The number of aromatic nitrogens is 3. The second-order valence-electron chi connectivity index (χ2n) is 6.36. The molecule has 0 atom stereocenters. The third-order valence-electron chi connectivity index (χ3n) is 4.68. The first-order valence-corrected chi connectivity index (χ1v) is 8.80. The molecule has 0 radical (unpaired) electrons. The van der Waals surface area contributed by atoms with E-state index in [0.717, 1.165) is 26.7 Å². The SMILES string of the molecule is Cc1cc2c(s1)c1cnn(Cc3c(F)c(F)c(C)c(F)c3F)c(=O)c1n2C. The Kier molecular flexibility index (Phi) is 3.88. The Hall–Kier alpha value is -2.68. The maximum atomic E-state index is 14.1. The van der Waals surface area contributed by atoms with E-state index in [0.29, 0.717) is 10.9 Å². The topological polar surface area (TPSA) is 39.8 Å². The van der Waals surface area contributed by atoms with Crippen molar-refractivity contribution in [2.45, 2.75) is 20.4 Å². The summed E-state index contributed by atoms with van der Waals surface area (Å²) in [4.78, 5) is 13.9. The van der Waals surface area contributed by atoms with Gasteiger partial charge in [0.25, 0.3) is 5.56 Å². The summed E-state index contributed by atoms with van der Waals surface area (Å²) in [5.74, 6) is -6.01. The first-order chi connectivity index (χ1) is 12.7. The van der Waals surface area contributed by atoms with Crippen LogP contribution < -0.4 is 5.56 Å². The molecule has 4 rings (SSSR count). The summed E-state index contributed by atoms with van der Waals surface area (Å²) in [6, 6.07) is 1.92. The van der Waals surface area contributed by atoms with Gasteiger partial charge in [0.05, 0.1) is 28.5 Å². The van der Waals surface area contributed by atoms with Crippen LogP contribution in [0.15, 0.2) is 17.1 Å². The van der Waals surface area contributed by atoms with Gasteiger partial charge in [0.15, 0.2) is 23.3 Å². The van der Waals surface area contributed by atoms with Crippen molar-refractivity contribution >= 4 is 32.5 Å². The highest BCUT2D eigenvalue weighted by molar-refractivity contribution is 7.20. The summed E-state index contributed by atoms with van der Waals surface area (Å²) >= 11 is 1.50. The lowest BCUT2D eigenvalue weighted by atomic mass is 10.1. The van der Waals surface area contributed by atoms with Crippen molar-refractivity contribution in [3.8, 4) is 0 Å². The van der Waals surface area contributed by atoms with Gasteiger partial charge in [-0.3, -0.25) is 4.79 Å². The first-order valence-electron chi connectivity index (χ1n) is 7.98. The van der Waals surface area contributed by atoms with Crippen LogP contribution in [0.25, 0.3) is 21.1 Å². The van der Waals surface area contributed by atoms with Crippen molar-refractivity contribution in [2.24, 2.45) is 7.05 Å². The van der Waals surface area contributed by atoms with Gasteiger partial charge in [0, 0.05) is 22.9 Å². The number of thiophene rings is 1. The third kappa shape index (κ3) is 2.41. The Morgan fingerprint density at radius 2 is 1.70 bits per heavy atom. The molecule has 4 aromatic rings. The average Bonchev–Trinajstić information content (AvgIpc) is 3.14. The van der Waals surface area contributed by atoms with Crippen molar-refractivity contribution in [1.29, 1.82) is 0 Å². The highest BCUT2D eigenvalue weighted by Crippen LogP contribution is 2.32. The second kappa shape index (κ2) is 5.91. The summed E-state index contributed by atoms with van der Waals surface area (Å²) in [6.07, 6.45) is 1.42. The number of nitrogens with zero attached hydrogens (tertiary/aromatic N) is 3. The van der Waals surface area contributed by atoms with E-state index in [4.69, 9.17) is 0 Å². The van der Waals surface area contributed by atoms with Gasteiger partial charge in [-0.05, 0) is 19.9 Å². The average molecular weight is 395 g/mol. The van der Waals surface area contributed by atoms with E-state index in [1.54, 1.807) is 11.6 Å². The zero-order valence-electron chi connectivity index (χ0n) is 14.5. The Morgan fingerprint density at radius 3 is 2.33 bits per heavy atom. The van der Waals surface area contributed by atoms with Gasteiger partial charge in [0.2, 0.25) is 0 Å². The summed E-state index contributed by atoms with van der Waals surface area (Å²) in [5, 5.41) is 4.58. The zero-order valence-corrected chi connectivity index (χ0v) is 15.3. The van der Waals surface area contributed by atoms with Crippen molar-refractivity contribution < 1.29 is 17.6 Å². The van der Waals surface area contributed by atoms with Crippen molar-refractivity contribution in [2.75, 3.05) is 0 Å².